The zero-order valence-electron chi connectivity index (χ0n) is 12.6. The largest absolute Gasteiger partial charge is 0.489 e. The summed E-state index contributed by atoms with van der Waals surface area (Å²) in [4.78, 5) is 12.4. The monoisotopic (exact) mass is 326 g/mol. The van der Waals surface area contributed by atoms with Crippen molar-refractivity contribution in [2.24, 2.45) is 0 Å². The smallest absolute Gasteiger partial charge is 0.231 e. The molecule has 23 heavy (non-hydrogen) atoms. The molecule has 1 aliphatic heterocycles. The molecule has 0 amide bonds. The Morgan fingerprint density at radius 2 is 2.13 bits per heavy atom. The van der Waals surface area contributed by atoms with Crippen LogP contribution < -0.4 is 9.47 Å². The van der Waals surface area contributed by atoms with Gasteiger partial charge in [-0.05, 0) is 48.4 Å². The Morgan fingerprint density at radius 3 is 2.87 bits per heavy atom. The van der Waals surface area contributed by atoms with Crippen LogP contribution in [0.25, 0.3) is 6.08 Å². The highest BCUT2D eigenvalue weighted by molar-refractivity contribution is 6.30. The Balaban J connectivity index is 1.85. The van der Waals surface area contributed by atoms with Gasteiger partial charge in [0.1, 0.15) is 18.1 Å². The van der Waals surface area contributed by atoms with Gasteiger partial charge in [-0.15, -0.1) is 0 Å². The van der Waals surface area contributed by atoms with Gasteiger partial charge in [-0.25, -0.2) is 0 Å². The van der Waals surface area contributed by atoms with E-state index in [2.05, 4.69) is 6.58 Å². The first kappa shape index (κ1) is 15.4. The molecule has 0 saturated carbocycles. The fourth-order valence-electron chi connectivity index (χ4n) is 2.21. The van der Waals surface area contributed by atoms with Gasteiger partial charge in [-0.2, -0.15) is 0 Å². The van der Waals surface area contributed by atoms with Gasteiger partial charge in [0.25, 0.3) is 0 Å². The lowest BCUT2D eigenvalue weighted by Gasteiger charge is -2.06. The Bertz CT molecular complexity index is 821. The molecule has 1 aliphatic rings. The molecule has 0 atom stereocenters. The molecule has 3 rings (SSSR count). The molecule has 0 unspecified atom stereocenters. The van der Waals surface area contributed by atoms with Gasteiger partial charge in [-0.3, -0.25) is 4.79 Å². The molecule has 0 N–H and O–H groups in total. The zero-order chi connectivity index (χ0) is 16.4. The number of carbonyl (C=O) groups excluding carboxylic acids is 1. The lowest BCUT2D eigenvalue weighted by Crippen LogP contribution is -1.98. The van der Waals surface area contributed by atoms with E-state index in [1.807, 2.05) is 19.1 Å². The molecule has 0 saturated heterocycles. The number of hydrogen-bond acceptors (Lipinski definition) is 3. The Hall–Kier alpha value is -2.52. The van der Waals surface area contributed by atoms with Crippen LogP contribution in [0.1, 0.15) is 22.8 Å². The van der Waals surface area contributed by atoms with Crippen LogP contribution >= 0.6 is 11.6 Å². The molecular formula is C19H15ClO3. The normalized spacial score (nSPS) is 14.5. The number of carbonyl (C=O) groups is 1. The van der Waals surface area contributed by atoms with E-state index in [1.54, 1.807) is 36.4 Å². The van der Waals surface area contributed by atoms with E-state index in [0.29, 0.717) is 28.7 Å². The maximum Gasteiger partial charge on any atom is 0.231 e. The Morgan fingerprint density at radius 1 is 1.30 bits per heavy atom. The molecule has 0 spiro atoms. The van der Waals surface area contributed by atoms with Crippen LogP contribution in [0.15, 0.2) is 60.4 Å². The van der Waals surface area contributed by atoms with E-state index in [4.69, 9.17) is 21.1 Å². The maximum absolute atomic E-state index is 12.4. The molecule has 2 aromatic carbocycles. The lowest BCUT2D eigenvalue weighted by atomic mass is 10.1. The molecule has 0 bridgehead atoms. The first-order valence-corrected chi connectivity index (χ1v) is 7.52. The molecular weight excluding hydrogens is 312 g/mol. The van der Waals surface area contributed by atoms with Gasteiger partial charge in [0.15, 0.2) is 5.76 Å². The first-order valence-electron chi connectivity index (χ1n) is 7.14. The van der Waals surface area contributed by atoms with Crippen LogP contribution in [-0.4, -0.2) is 12.4 Å². The van der Waals surface area contributed by atoms with Crippen molar-refractivity contribution in [1.82, 2.24) is 0 Å². The fraction of sp³-hybridized carbons (Fsp3) is 0.105. The van der Waals surface area contributed by atoms with Crippen molar-refractivity contribution in [1.29, 1.82) is 0 Å². The van der Waals surface area contributed by atoms with Crippen molar-refractivity contribution in [2.45, 2.75) is 6.92 Å². The number of allylic oxidation sites excluding steroid dienone is 1. The molecule has 2 aromatic rings. The van der Waals surface area contributed by atoms with Gasteiger partial charge >= 0.3 is 0 Å². The summed E-state index contributed by atoms with van der Waals surface area (Å²) in [5.74, 6) is 1.27. The number of fused-ring (bicyclic) bond motifs is 1. The molecule has 116 valence electrons. The van der Waals surface area contributed by atoms with E-state index < -0.39 is 0 Å². The van der Waals surface area contributed by atoms with E-state index in [0.717, 1.165) is 11.1 Å². The topological polar surface area (TPSA) is 35.5 Å². The van der Waals surface area contributed by atoms with Gasteiger partial charge in [0, 0.05) is 11.1 Å². The highest BCUT2D eigenvalue weighted by Crippen LogP contribution is 2.35. The molecule has 0 fully saturated rings. The number of ether oxygens (including phenoxy) is 2. The minimum atomic E-state index is -0.147. The van der Waals surface area contributed by atoms with Crippen LogP contribution in [0.2, 0.25) is 5.02 Å². The third kappa shape index (κ3) is 3.46. The second kappa shape index (κ2) is 6.31. The number of Topliss-reactive ketones (excluding diaryl/α,β-unsaturated/α-hetero) is 1. The average Bonchev–Trinajstić information content (AvgIpc) is 2.81. The summed E-state index contributed by atoms with van der Waals surface area (Å²) in [6.45, 7) is 6.11. The third-order valence-electron chi connectivity index (χ3n) is 3.27. The Labute approximate surface area is 139 Å². The van der Waals surface area contributed by atoms with Crippen molar-refractivity contribution in [3.63, 3.8) is 0 Å². The highest BCUT2D eigenvalue weighted by Gasteiger charge is 2.27. The Kier molecular flexibility index (Phi) is 4.22. The zero-order valence-corrected chi connectivity index (χ0v) is 13.4. The summed E-state index contributed by atoms with van der Waals surface area (Å²) in [7, 11) is 0. The predicted molar refractivity (Wildman–Crippen MR) is 91.1 cm³/mol. The van der Waals surface area contributed by atoms with Crippen LogP contribution in [0, 0.1) is 0 Å². The predicted octanol–water partition coefficient (Wildman–Crippen LogP) is 4.91. The third-order valence-corrected chi connectivity index (χ3v) is 3.51. The van der Waals surface area contributed by atoms with Crippen molar-refractivity contribution in [3.05, 3.63) is 76.5 Å². The summed E-state index contributed by atoms with van der Waals surface area (Å²) in [6.07, 6.45) is 1.68. The number of rotatable bonds is 4. The van der Waals surface area contributed by atoms with Gasteiger partial charge in [0.05, 0.1) is 5.56 Å². The minimum Gasteiger partial charge on any atom is -0.489 e. The molecule has 3 nitrogen and oxygen atoms in total. The van der Waals surface area contributed by atoms with E-state index >= 15 is 0 Å². The SMILES string of the molecule is C=C(C)COc1ccc2c(c1)O/C(=C/c1cccc(Cl)c1)C2=O. The minimum absolute atomic E-state index is 0.147. The second-order valence-electron chi connectivity index (χ2n) is 5.40. The van der Waals surface area contributed by atoms with Crippen molar-refractivity contribution < 1.29 is 14.3 Å². The van der Waals surface area contributed by atoms with Gasteiger partial charge in [0.2, 0.25) is 5.78 Å². The molecule has 0 radical (unpaired) electrons. The average molecular weight is 327 g/mol. The van der Waals surface area contributed by atoms with E-state index in [1.165, 1.54) is 0 Å². The molecule has 0 aromatic heterocycles. The summed E-state index contributed by atoms with van der Waals surface area (Å²) in [6, 6.07) is 12.4. The first-order chi connectivity index (χ1) is 11.0. The molecule has 1 heterocycles. The molecule has 4 heteroatoms. The quantitative estimate of drug-likeness (QED) is 0.591. The van der Waals surface area contributed by atoms with Crippen molar-refractivity contribution in [2.75, 3.05) is 6.61 Å². The lowest BCUT2D eigenvalue weighted by molar-refractivity contribution is 0.101. The number of halogens is 1. The van der Waals surface area contributed by atoms with Crippen LogP contribution in [-0.2, 0) is 0 Å². The van der Waals surface area contributed by atoms with Crippen LogP contribution in [0.3, 0.4) is 0 Å². The van der Waals surface area contributed by atoms with Crippen molar-refractivity contribution in [3.8, 4) is 11.5 Å². The second-order valence-corrected chi connectivity index (χ2v) is 5.83. The fourth-order valence-corrected chi connectivity index (χ4v) is 2.41. The summed E-state index contributed by atoms with van der Waals surface area (Å²) in [5.41, 5.74) is 2.26. The number of benzene rings is 2. The van der Waals surface area contributed by atoms with Crippen molar-refractivity contribution >= 4 is 23.5 Å². The molecule has 0 aliphatic carbocycles. The van der Waals surface area contributed by atoms with E-state index in [-0.39, 0.29) is 11.5 Å². The summed E-state index contributed by atoms with van der Waals surface area (Å²) >= 11 is 5.96. The summed E-state index contributed by atoms with van der Waals surface area (Å²) in [5, 5.41) is 0.609. The standard InChI is InChI=1S/C19H15ClO3/c1-12(2)11-22-15-6-7-16-17(10-15)23-18(19(16)21)9-13-4-3-5-14(20)8-13/h3-10H,1,11H2,2H3/b18-9+. The van der Waals surface area contributed by atoms with E-state index in [9.17, 15) is 4.79 Å². The number of ketones is 1. The number of hydrogen-bond donors (Lipinski definition) is 0. The highest BCUT2D eigenvalue weighted by atomic mass is 35.5. The van der Waals surface area contributed by atoms with Gasteiger partial charge < -0.3 is 9.47 Å². The van der Waals surface area contributed by atoms with Gasteiger partial charge in [-0.1, -0.05) is 30.3 Å². The summed E-state index contributed by atoms with van der Waals surface area (Å²) < 4.78 is 11.2. The maximum atomic E-state index is 12.4. The van der Waals surface area contributed by atoms with Crippen LogP contribution in [0.5, 0.6) is 11.5 Å². The van der Waals surface area contributed by atoms with Crippen LogP contribution in [0.4, 0.5) is 0 Å².